The second kappa shape index (κ2) is 13.4. The van der Waals surface area contributed by atoms with Crippen molar-refractivity contribution in [1.82, 2.24) is 15.2 Å². The summed E-state index contributed by atoms with van der Waals surface area (Å²) in [6.07, 6.45) is -0.660. The monoisotopic (exact) mass is 569 g/mol. The number of alkyl halides is 6. The zero-order valence-corrected chi connectivity index (χ0v) is 20.2. The van der Waals surface area contributed by atoms with Crippen LogP contribution in [0.15, 0.2) is 47.5 Å². The molecule has 1 spiro atoms. The minimum Gasteiger partial charge on any atom is -0.475 e. The number of carbonyl (C=O) groups is 3. The Bertz CT molecular complexity index is 1060. The van der Waals surface area contributed by atoms with Crippen molar-refractivity contribution in [3.8, 4) is 0 Å². The number of amides is 1. The van der Waals surface area contributed by atoms with E-state index in [4.69, 9.17) is 29.0 Å². The van der Waals surface area contributed by atoms with Gasteiger partial charge in [-0.05, 0) is 37.5 Å². The summed E-state index contributed by atoms with van der Waals surface area (Å²) in [5.74, 6) is -5.57. The molecule has 0 aliphatic carbocycles. The summed E-state index contributed by atoms with van der Waals surface area (Å²) in [6.45, 7) is 3.48. The van der Waals surface area contributed by atoms with Crippen LogP contribution in [0.5, 0.6) is 0 Å². The quantitative estimate of drug-likeness (QED) is 0.472. The predicted molar refractivity (Wildman–Crippen MR) is 119 cm³/mol. The van der Waals surface area contributed by atoms with Gasteiger partial charge in [0.25, 0.3) is 5.91 Å². The number of nitrogens with one attached hydrogen (secondary N) is 1. The number of rotatable bonds is 4. The molecule has 2 aliphatic rings. The topological polar surface area (TPSA) is 142 Å². The highest BCUT2D eigenvalue weighted by Crippen LogP contribution is 2.35. The van der Waals surface area contributed by atoms with E-state index in [9.17, 15) is 31.1 Å². The van der Waals surface area contributed by atoms with E-state index in [-0.39, 0.29) is 17.6 Å². The number of aromatic nitrogens is 1. The number of halogens is 6. The van der Waals surface area contributed by atoms with E-state index in [2.05, 4.69) is 15.2 Å². The van der Waals surface area contributed by atoms with E-state index in [0.717, 1.165) is 38.9 Å². The lowest BCUT2D eigenvalue weighted by Gasteiger charge is -2.38. The number of pyridine rings is 1. The number of carboxylic acid groups (broad SMARTS) is 2. The molecule has 16 heteroatoms. The van der Waals surface area contributed by atoms with Crippen LogP contribution in [-0.4, -0.2) is 81.6 Å². The van der Waals surface area contributed by atoms with E-state index in [1.165, 1.54) is 5.56 Å². The fourth-order valence-electron chi connectivity index (χ4n) is 3.90. The van der Waals surface area contributed by atoms with E-state index < -0.39 is 24.3 Å². The molecule has 2 atom stereocenters. The number of nitrogens with zero attached hydrogens (tertiary/aromatic N) is 2. The fourth-order valence-corrected chi connectivity index (χ4v) is 3.90. The molecule has 2 aromatic heterocycles. The van der Waals surface area contributed by atoms with Crippen molar-refractivity contribution >= 4 is 17.8 Å². The Labute approximate surface area is 217 Å². The Balaban J connectivity index is 0.000000317. The third-order valence-electron chi connectivity index (χ3n) is 5.62. The number of carboxylic acids is 2. The van der Waals surface area contributed by atoms with Crippen molar-refractivity contribution in [3.63, 3.8) is 0 Å². The Hall–Kier alpha value is -3.66. The lowest BCUT2D eigenvalue weighted by Crippen LogP contribution is -2.49. The number of hydrogen-bond acceptors (Lipinski definition) is 7. The van der Waals surface area contributed by atoms with Gasteiger partial charge < -0.3 is 24.7 Å². The molecule has 0 unspecified atom stereocenters. The number of likely N-dealkylation sites (tertiary alicyclic amines) is 1. The standard InChI is InChI=1S/C19H23N3O3.2C2HF3O2/c23-18(16-2-1-6-20-11-16)21-17-4-9-25-19(10-17)5-7-22(14-19)12-15-3-8-24-13-15;2*3-2(4,5)1(6)7/h1-3,6,8,11,13,17H,4-5,7,9-10,12,14H2,(H,21,23);2*(H,6,7)/t17-,19+;;/m0../s1. The summed E-state index contributed by atoms with van der Waals surface area (Å²) >= 11 is 0. The van der Waals surface area contributed by atoms with Gasteiger partial charge in [0.1, 0.15) is 0 Å². The summed E-state index contributed by atoms with van der Waals surface area (Å²) in [6, 6.07) is 5.73. The van der Waals surface area contributed by atoms with Crippen LogP contribution in [0.4, 0.5) is 26.3 Å². The van der Waals surface area contributed by atoms with Crippen LogP contribution < -0.4 is 5.32 Å². The van der Waals surface area contributed by atoms with Crippen LogP contribution in [-0.2, 0) is 20.9 Å². The first-order valence-electron chi connectivity index (χ1n) is 11.3. The number of carbonyl (C=O) groups excluding carboxylic acids is 1. The third-order valence-corrected chi connectivity index (χ3v) is 5.62. The Morgan fingerprint density at radius 2 is 1.74 bits per heavy atom. The van der Waals surface area contributed by atoms with Crippen molar-refractivity contribution in [1.29, 1.82) is 0 Å². The third kappa shape index (κ3) is 10.6. The SMILES string of the molecule is O=C(N[C@H]1CCO[C@]2(CCN(Cc3ccoc3)C2)C1)c1cccnc1.O=C(O)C(F)(F)F.O=C(O)C(F)(F)F. The summed E-state index contributed by atoms with van der Waals surface area (Å²) < 4.78 is 74.8. The molecule has 2 saturated heterocycles. The number of hydrogen-bond donors (Lipinski definition) is 3. The first-order valence-corrected chi connectivity index (χ1v) is 11.3. The Morgan fingerprint density at radius 1 is 1.10 bits per heavy atom. The highest BCUT2D eigenvalue weighted by molar-refractivity contribution is 5.94. The Kier molecular flexibility index (Phi) is 10.9. The van der Waals surface area contributed by atoms with Gasteiger partial charge in [-0.2, -0.15) is 26.3 Å². The van der Waals surface area contributed by atoms with Gasteiger partial charge in [0, 0.05) is 50.2 Å². The first-order chi connectivity index (χ1) is 18.1. The molecular weight excluding hydrogens is 544 g/mol. The maximum Gasteiger partial charge on any atom is 0.490 e. The lowest BCUT2D eigenvalue weighted by atomic mass is 9.89. The zero-order valence-electron chi connectivity index (χ0n) is 20.2. The van der Waals surface area contributed by atoms with Gasteiger partial charge in [-0.1, -0.05) is 0 Å². The average Bonchev–Trinajstić information content (AvgIpc) is 3.49. The second-order valence-electron chi connectivity index (χ2n) is 8.63. The molecular formula is C23H25F6N3O7. The predicted octanol–water partition coefficient (Wildman–Crippen LogP) is 3.49. The molecule has 4 heterocycles. The number of aliphatic carboxylic acids is 2. The number of furan rings is 1. The summed E-state index contributed by atoms with van der Waals surface area (Å²) in [7, 11) is 0. The van der Waals surface area contributed by atoms with Crippen LogP contribution in [0.1, 0.15) is 35.2 Å². The van der Waals surface area contributed by atoms with Gasteiger partial charge in [0.05, 0.1) is 23.7 Å². The minimum atomic E-state index is -5.08. The Morgan fingerprint density at radius 3 is 2.26 bits per heavy atom. The molecule has 3 N–H and O–H groups in total. The average molecular weight is 569 g/mol. The van der Waals surface area contributed by atoms with E-state index in [0.29, 0.717) is 12.2 Å². The molecule has 0 bridgehead atoms. The maximum atomic E-state index is 12.4. The molecule has 0 aromatic carbocycles. The fraction of sp³-hybridized carbons (Fsp3) is 0.478. The molecule has 1 amide bonds. The first kappa shape index (κ1) is 31.6. The van der Waals surface area contributed by atoms with Crippen LogP contribution >= 0.6 is 0 Å². The van der Waals surface area contributed by atoms with Gasteiger partial charge >= 0.3 is 24.3 Å². The van der Waals surface area contributed by atoms with Crippen LogP contribution in [0.2, 0.25) is 0 Å². The van der Waals surface area contributed by atoms with E-state index in [1.807, 2.05) is 6.07 Å². The van der Waals surface area contributed by atoms with Gasteiger partial charge in [-0.25, -0.2) is 9.59 Å². The molecule has 2 aliphatic heterocycles. The van der Waals surface area contributed by atoms with E-state index in [1.54, 1.807) is 37.1 Å². The summed E-state index contributed by atoms with van der Waals surface area (Å²) in [5.41, 5.74) is 1.65. The lowest BCUT2D eigenvalue weighted by molar-refractivity contribution is -0.193. The maximum absolute atomic E-state index is 12.4. The van der Waals surface area contributed by atoms with Gasteiger partial charge in [0.2, 0.25) is 0 Å². The van der Waals surface area contributed by atoms with Crippen molar-refractivity contribution in [3.05, 3.63) is 54.2 Å². The smallest absolute Gasteiger partial charge is 0.475 e. The zero-order chi connectivity index (χ0) is 29.3. The summed E-state index contributed by atoms with van der Waals surface area (Å²) in [4.78, 5) is 36.6. The van der Waals surface area contributed by atoms with E-state index >= 15 is 0 Å². The normalized spacial score (nSPS) is 21.2. The second-order valence-corrected chi connectivity index (χ2v) is 8.63. The van der Waals surface area contributed by atoms with Crippen LogP contribution in [0.3, 0.4) is 0 Å². The molecule has 2 fully saturated rings. The largest absolute Gasteiger partial charge is 0.490 e. The summed E-state index contributed by atoms with van der Waals surface area (Å²) in [5, 5.41) is 17.4. The van der Waals surface area contributed by atoms with Gasteiger partial charge in [0.15, 0.2) is 0 Å². The van der Waals surface area contributed by atoms with Crippen molar-refractivity contribution in [2.45, 2.75) is 49.8 Å². The van der Waals surface area contributed by atoms with Crippen LogP contribution in [0.25, 0.3) is 0 Å². The molecule has 0 radical (unpaired) electrons. The van der Waals surface area contributed by atoms with Gasteiger partial charge in [-0.15, -0.1) is 0 Å². The molecule has 216 valence electrons. The molecule has 0 saturated carbocycles. The van der Waals surface area contributed by atoms with Crippen LogP contribution in [0, 0.1) is 0 Å². The van der Waals surface area contributed by atoms with Gasteiger partial charge in [-0.3, -0.25) is 14.7 Å². The molecule has 10 nitrogen and oxygen atoms in total. The minimum absolute atomic E-state index is 0.0524. The van der Waals surface area contributed by atoms with Crippen molar-refractivity contribution < 1.29 is 60.1 Å². The molecule has 4 rings (SSSR count). The highest BCUT2D eigenvalue weighted by atomic mass is 19.4. The molecule has 39 heavy (non-hydrogen) atoms. The number of ether oxygens (including phenoxy) is 1. The van der Waals surface area contributed by atoms with Crippen molar-refractivity contribution in [2.75, 3.05) is 19.7 Å². The molecule has 2 aromatic rings. The van der Waals surface area contributed by atoms with Crippen molar-refractivity contribution in [2.24, 2.45) is 0 Å². The highest BCUT2D eigenvalue weighted by Gasteiger charge is 2.43.